The van der Waals surface area contributed by atoms with Crippen molar-refractivity contribution in [3.05, 3.63) is 58.5 Å². The van der Waals surface area contributed by atoms with Gasteiger partial charge in [0.05, 0.1) is 0 Å². The molecular weight excluding hydrogens is 266 g/mol. The van der Waals surface area contributed by atoms with Crippen molar-refractivity contribution in [3.8, 4) is 11.1 Å². The van der Waals surface area contributed by atoms with Gasteiger partial charge in [-0.05, 0) is 30.0 Å². The molecule has 0 amide bonds. The van der Waals surface area contributed by atoms with Gasteiger partial charge in [-0.1, -0.05) is 50.1 Å². The molecule has 0 unspecified atom stereocenters. The number of rotatable bonds is 5. The minimum atomic E-state index is -1.24. The van der Waals surface area contributed by atoms with E-state index in [-0.39, 0.29) is 0 Å². The first-order valence-corrected chi connectivity index (χ1v) is 7.17. The summed E-state index contributed by atoms with van der Waals surface area (Å²) in [6, 6.07) is 11.3. The smallest absolute Gasteiger partial charge is 0.418 e. The lowest BCUT2D eigenvalue weighted by Gasteiger charge is -2.09. The molecule has 1 heterocycles. The third-order valence-electron chi connectivity index (χ3n) is 3.45. The second kappa shape index (κ2) is 6.88. The number of benzene rings is 1. The highest BCUT2D eigenvalue weighted by Gasteiger charge is 2.12. The summed E-state index contributed by atoms with van der Waals surface area (Å²) < 4.78 is 0.781. The molecule has 0 aliphatic heterocycles. The van der Waals surface area contributed by atoms with Crippen molar-refractivity contribution < 1.29 is 9.90 Å². The summed E-state index contributed by atoms with van der Waals surface area (Å²) in [5.74, 6) is 0. The lowest BCUT2D eigenvalue weighted by atomic mass is 10.0. The minimum Gasteiger partial charge on any atom is -0.464 e. The monoisotopic (exact) mass is 285 g/mol. The van der Waals surface area contributed by atoms with Crippen LogP contribution in [-0.4, -0.2) is 15.8 Å². The summed E-state index contributed by atoms with van der Waals surface area (Å²) in [6.45, 7) is 2.09. The van der Waals surface area contributed by atoms with Crippen LogP contribution >= 0.6 is 0 Å². The van der Waals surface area contributed by atoms with Crippen molar-refractivity contribution in [3.63, 3.8) is 0 Å². The van der Waals surface area contributed by atoms with Crippen molar-refractivity contribution in [2.24, 2.45) is 0 Å². The average Bonchev–Trinajstić information content (AvgIpc) is 2.49. The van der Waals surface area contributed by atoms with E-state index in [1.165, 1.54) is 6.20 Å². The summed E-state index contributed by atoms with van der Waals surface area (Å²) >= 11 is 0. The molecule has 2 aromatic rings. The number of unbranched alkanes of at least 4 members (excludes halogenated alkanes) is 2. The van der Waals surface area contributed by atoms with Crippen LogP contribution in [0.25, 0.3) is 11.1 Å². The van der Waals surface area contributed by atoms with Gasteiger partial charge in [0.15, 0.2) is 0 Å². The Morgan fingerprint density at radius 2 is 1.86 bits per heavy atom. The molecule has 4 nitrogen and oxygen atoms in total. The summed E-state index contributed by atoms with van der Waals surface area (Å²) in [6.07, 6.45) is 3.75. The molecule has 0 saturated heterocycles. The number of hydrogen-bond donors (Lipinski definition) is 1. The molecule has 0 spiro atoms. The van der Waals surface area contributed by atoms with E-state index in [0.29, 0.717) is 12.0 Å². The zero-order valence-corrected chi connectivity index (χ0v) is 12.1. The molecule has 0 bridgehead atoms. The standard InChI is InChI=1S/C17H19NO3/c1-2-3-5-10-14-11-15(13-8-6-4-7-9-13)12-18(16(14)19)17(20)21/h4,6-9,11-12H,2-3,5,10H2,1H3,(H,20,21). The molecule has 1 aromatic carbocycles. The fourth-order valence-electron chi connectivity index (χ4n) is 2.31. The number of aromatic nitrogens is 1. The van der Waals surface area contributed by atoms with Crippen LogP contribution in [0, 0.1) is 0 Å². The van der Waals surface area contributed by atoms with E-state index in [4.69, 9.17) is 0 Å². The Labute approximate surface area is 123 Å². The van der Waals surface area contributed by atoms with E-state index in [0.717, 1.165) is 35.0 Å². The molecular formula is C17H19NO3. The molecule has 0 atom stereocenters. The van der Waals surface area contributed by atoms with Crippen LogP contribution in [0.1, 0.15) is 31.7 Å². The molecule has 110 valence electrons. The first-order chi connectivity index (χ1) is 10.1. The molecule has 4 heteroatoms. The quantitative estimate of drug-likeness (QED) is 0.851. The van der Waals surface area contributed by atoms with E-state index in [2.05, 4.69) is 6.92 Å². The van der Waals surface area contributed by atoms with Crippen LogP contribution in [0.2, 0.25) is 0 Å². The van der Waals surface area contributed by atoms with Gasteiger partial charge in [0.25, 0.3) is 5.56 Å². The Balaban J connectivity index is 2.47. The SMILES string of the molecule is CCCCCc1cc(-c2ccccc2)cn(C(=O)O)c1=O. The topological polar surface area (TPSA) is 59.3 Å². The predicted octanol–water partition coefficient (Wildman–Crippen LogP) is 3.77. The number of carboxylic acid groups (broad SMARTS) is 1. The fourth-order valence-corrected chi connectivity index (χ4v) is 2.31. The molecule has 0 aliphatic carbocycles. The Hall–Kier alpha value is -2.36. The maximum atomic E-state index is 12.2. The molecule has 2 rings (SSSR count). The first kappa shape index (κ1) is 15.0. The lowest BCUT2D eigenvalue weighted by Crippen LogP contribution is -2.28. The Bertz CT molecular complexity index is 674. The van der Waals surface area contributed by atoms with Crippen molar-refractivity contribution in [1.82, 2.24) is 4.57 Å². The van der Waals surface area contributed by atoms with Crippen LogP contribution in [0.3, 0.4) is 0 Å². The Morgan fingerprint density at radius 3 is 2.48 bits per heavy atom. The van der Waals surface area contributed by atoms with Crippen LogP contribution in [0.15, 0.2) is 47.4 Å². The van der Waals surface area contributed by atoms with Crippen LogP contribution in [0.4, 0.5) is 4.79 Å². The molecule has 1 N–H and O–H groups in total. The summed E-state index contributed by atoms with van der Waals surface area (Å²) in [5.41, 5.74) is 1.79. The van der Waals surface area contributed by atoms with E-state index < -0.39 is 11.7 Å². The highest BCUT2D eigenvalue weighted by atomic mass is 16.4. The van der Waals surface area contributed by atoms with Crippen molar-refractivity contribution in [2.75, 3.05) is 0 Å². The van der Waals surface area contributed by atoms with Crippen molar-refractivity contribution in [2.45, 2.75) is 32.6 Å². The van der Waals surface area contributed by atoms with Gasteiger partial charge in [0.2, 0.25) is 0 Å². The number of carbonyl (C=O) groups is 1. The largest absolute Gasteiger partial charge is 0.464 e. The maximum absolute atomic E-state index is 12.2. The molecule has 0 fully saturated rings. The van der Waals surface area contributed by atoms with E-state index in [1.807, 2.05) is 36.4 Å². The van der Waals surface area contributed by atoms with E-state index in [1.54, 1.807) is 0 Å². The summed E-state index contributed by atoms with van der Waals surface area (Å²) in [4.78, 5) is 23.4. The molecule has 0 aliphatic rings. The second-order valence-corrected chi connectivity index (χ2v) is 5.03. The van der Waals surface area contributed by atoms with Gasteiger partial charge >= 0.3 is 6.09 Å². The number of hydrogen-bond acceptors (Lipinski definition) is 2. The van der Waals surface area contributed by atoms with Gasteiger partial charge in [-0.2, -0.15) is 0 Å². The molecule has 0 saturated carbocycles. The van der Waals surface area contributed by atoms with E-state index >= 15 is 0 Å². The fraction of sp³-hybridized carbons (Fsp3) is 0.294. The van der Waals surface area contributed by atoms with Crippen molar-refractivity contribution >= 4 is 6.09 Å². The zero-order chi connectivity index (χ0) is 15.2. The number of nitrogens with zero attached hydrogens (tertiary/aromatic N) is 1. The van der Waals surface area contributed by atoms with Gasteiger partial charge < -0.3 is 5.11 Å². The Morgan fingerprint density at radius 1 is 1.14 bits per heavy atom. The van der Waals surface area contributed by atoms with Gasteiger partial charge in [0.1, 0.15) is 0 Å². The first-order valence-electron chi connectivity index (χ1n) is 7.17. The maximum Gasteiger partial charge on any atom is 0.418 e. The van der Waals surface area contributed by atoms with Crippen LogP contribution in [-0.2, 0) is 6.42 Å². The van der Waals surface area contributed by atoms with Gasteiger partial charge in [-0.3, -0.25) is 4.79 Å². The van der Waals surface area contributed by atoms with Gasteiger partial charge in [0, 0.05) is 11.8 Å². The van der Waals surface area contributed by atoms with E-state index in [9.17, 15) is 14.7 Å². The summed E-state index contributed by atoms with van der Waals surface area (Å²) in [7, 11) is 0. The lowest BCUT2D eigenvalue weighted by molar-refractivity contribution is 0.195. The Kier molecular flexibility index (Phi) is 4.93. The third kappa shape index (κ3) is 3.60. The second-order valence-electron chi connectivity index (χ2n) is 5.03. The predicted molar refractivity (Wildman–Crippen MR) is 82.8 cm³/mol. The van der Waals surface area contributed by atoms with Gasteiger partial charge in [-0.15, -0.1) is 0 Å². The van der Waals surface area contributed by atoms with Gasteiger partial charge in [-0.25, -0.2) is 9.36 Å². The van der Waals surface area contributed by atoms with Crippen LogP contribution < -0.4 is 5.56 Å². The summed E-state index contributed by atoms with van der Waals surface area (Å²) in [5, 5.41) is 9.20. The third-order valence-corrected chi connectivity index (χ3v) is 3.45. The number of pyridine rings is 1. The van der Waals surface area contributed by atoms with Crippen molar-refractivity contribution in [1.29, 1.82) is 0 Å². The average molecular weight is 285 g/mol. The number of aryl methyl sites for hydroxylation is 1. The zero-order valence-electron chi connectivity index (χ0n) is 12.1. The van der Waals surface area contributed by atoms with Crippen LogP contribution in [0.5, 0.6) is 0 Å². The highest BCUT2D eigenvalue weighted by Crippen LogP contribution is 2.19. The molecule has 21 heavy (non-hydrogen) atoms. The molecule has 0 radical (unpaired) electrons. The minimum absolute atomic E-state index is 0.432. The molecule has 1 aromatic heterocycles. The normalized spacial score (nSPS) is 10.5. The highest BCUT2D eigenvalue weighted by molar-refractivity contribution is 5.72.